The third-order valence-electron chi connectivity index (χ3n) is 6.06. The number of hydrogen-bond acceptors (Lipinski definition) is 4. The fourth-order valence-corrected chi connectivity index (χ4v) is 4.53. The normalized spacial score (nSPS) is 27.3. The minimum Gasteiger partial charge on any atom is -0.373 e. The predicted octanol–water partition coefficient (Wildman–Crippen LogP) is 2.94. The van der Waals surface area contributed by atoms with Gasteiger partial charge in [-0.15, -0.1) is 0 Å². The first kappa shape index (κ1) is 21.3. The molecule has 1 aromatic carbocycles. The van der Waals surface area contributed by atoms with Gasteiger partial charge in [-0.25, -0.2) is 0 Å². The van der Waals surface area contributed by atoms with E-state index in [0.717, 1.165) is 38.3 Å². The maximum absolute atomic E-state index is 12.3. The van der Waals surface area contributed by atoms with Gasteiger partial charge in [-0.05, 0) is 62.7 Å². The van der Waals surface area contributed by atoms with Crippen molar-refractivity contribution in [2.75, 3.05) is 26.2 Å². The molecule has 5 nitrogen and oxygen atoms in total. The van der Waals surface area contributed by atoms with Crippen molar-refractivity contribution in [3.8, 4) is 0 Å². The topological polar surface area (TPSA) is 53.6 Å². The lowest BCUT2D eigenvalue weighted by Crippen LogP contribution is -2.44. The highest BCUT2D eigenvalue weighted by molar-refractivity contribution is 5.76. The molecule has 1 aromatic rings. The fourth-order valence-electron chi connectivity index (χ4n) is 4.53. The average Bonchev–Trinajstić information content (AvgIpc) is 2.67. The van der Waals surface area contributed by atoms with Gasteiger partial charge in [-0.3, -0.25) is 9.69 Å². The van der Waals surface area contributed by atoms with Crippen molar-refractivity contribution in [3.05, 3.63) is 35.4 Å². The number of rotatable bonds is 7. The van der Waals surface area contributed by atoms with Crippen molar-refractivity contribution in [1.29, 1.82) is 0 Å². The van der Waals surface area contributed by atoms with Gasteiger partial charge in [-0.2, -0.15) is 0 Å². The molecule has 2 saturated heterocycles. The van der Waals surface area contributed by atoms with Gasteiger partial charge in [0.05, 0.1) is 12.2 Å². The fraction of sp³-hybridized carbons (Fsp3) is 0.696. The molecular weight excluding hydrogens is 350 g/mol. The lowest BCUT2D eigenvalue weighted by atomic mass is 9.85. The summed E-state index contributed by atoms with van der Waals surface area (Å²) >= 11 is 0. The number of piperidine rings is 1. The summed E-state index contributed by atoms with van der Waals surface area (Å²) in [4.78, 5) is 14.8. The Kier molecular flexibility index (Phi) is 7.89. The summed E-state index contributed by atoms with van der Waals surface area (Å²) in [6.45, 7) is 12.2. The zero-order valence-corrected chi connectivity index (χ0v) is 17.7. The first-order valence-electron chi connectivity index (χ1n) is 10.9. The molecule has 0 spiro atoms. The number of morpholine rings is 1. The zero-order chi connectivity index (χ0) is 19.9. The molecule has 5 heteroatoms. The summed E-state index contributed by atoms with van der Waals surface area (Å²) in [5, 5.41) is 6.54. The van der Waals surface area contributed by atoms with E-state index < -0.39 is 0 Å². The number of benzene rings is 1. The maximum atomic E-state index is 12.3. The van der Waals surface area contributed by atoms with E-state index in [4.69, 9.17) is 4.74 Å². The van der Waals surface area contributed by atoms with Crippen molar-refractivity contribution < 1.29 is 9.53 Å². The second-order valence-corrected chi connectivity index (χ2v) is 8.83. The second-order valence-electron chi connectivity index (χ2n) is 8.83. The van der Waals surface area contributed by atoms with Crippen LogP contribution < -0.4 is 10.6 Å². The molecule has 2 N–H and O–H groups in total. The molecule has 1 amide bonds. The van der Waals surface area contributed by atoms with E-state index in [1.54, 1.807) is 0 Å². The van der Waals surface area contributed by atoms with Crippen molar-refractivity contribution in [3.63, 3.8) is 0 Å². The number of carbonyl (C=O) groups is 1. The largest absolute Gasteiger partial charge is 0.373 e. The molecule has 2 aliphatic rings. The number of ether oxygens (including phenoxy) is 1. The van der Waals surface area contributed by atoms with Crippen molar-refractivity contribution in [2.24, 2.45) is 11.8 Å². The quantitative estimate of drug-likeness (QED) is 0.755. The first-order chi connectivity index (χ1) is 13.5. The van der Waals surface area contributed by atoms with Crippen LogP contribution in [0.15, 0.2) is 24.3 Å². The SMILES string of the molecule is CC1CN(Cc2ccc(CNC(=O)CC(C)C3CCCNC3)cc2)CC(C)O1. The van der Waals surface area contributed by atoms with E-state index in [2.05, 4.69) is 60.6 Å². The Hall–Kier alpha value is -1.43. The third kappa shape index (κ3) is 6.57. The summed E-state index contributed by atoms with van der Waals surface area (Å²) in [5.74, 6) is 1.23. The number of nitrogens with one attached hydrogen (secondary N) is 2. The van der Waals surface area contributed by atoms with Crippen molar-refractivity contribution in [2.45, 2.75) is 65.3 Å². The molecule has 0 saturated carbocycles. The summed E-state index contributed by atoms with van der Waals surface area (Å²) in [5.41, 5.74) is 2.47. The van der Waals surface area contributed by atoms with E-state index in [0.29, 0.717) is 37.0 Å². The van der Waals surface area contributed by atoms with E-state index in [9.17, 15) is 4.79 Å². The van der Waals surface area contributed by atoms with Crippen LogP contribution in [0, 0.1) is 11.8 Å². The number of amides is 1. The van der Waals surface area contributed by atoms with Crippen LogP contribution in [0.1, 0.15) is 51.2 Å². The van der Waals surface area contributed by atoms with Gasteiger partial charge in [-0.1, -0.05) is 31.2 Å². The lowest BCUT2D eigenvalue weighted by molar-refractivity contribution is -0.122. The van der Waals surface area contributed by atoms with E-state index in [1.165, 1.54) is 18.4 Å². The monoisotopic (exact) mass is 387 g/mol. The van der Waals surface area contributed by atoms with E-state index >= 15 is 0 Å². The van der Waals surface area contributed by atoms with Crippen LogP contribution in [0.4, 0.5) is 0 Å². The average molecular weight is 388 g/mol. The van der Waals surface area contributed by atoms with Gasteiger partial charge in [0, 0.05) is 32.6 Å². The summed E-state index contributed by atoms with van der Waals surface area (Å²) < 4.78 is 5.81. The van der Waals surface area contributed by atoms with Crippen LogP contribution >= 0.6 is 0 Å². The van der Waals surface area contributed by atoms with Gasteiger partial charge in [0.25, 0.3) is 0 Å². The van der Waals surface area contributed by atoms with Crippen LogP contribution in [-0.4, -0.2) is 49.2 Å². The van der Waals surface area contributed by atoms with Crippen LogP contribution in [-0.2, 0) is 22.6 Å². The Morgan fingerprint density at radius 3 is 2.54 bits per heavy atom. The molecule has 3 rings (SSSR count). The van der Waals surface area contributed by atoms with Crippen LogP contribution in [0.2, 0.25) is 0 Å². The summed E-state index contributed by atoms with van der Waals surface area (Å²) in [7, 11) is 0. The second kappa shape index (κ2) is 10.4. The van der Waals surface area contributed by atoms with Gasteiger partial charge < -0.3 is 15.4 Å². The first-order valence-corrected chi connectivity index (χ1v) is 10.9. The minimum atomic E-state index is 0.165. The molecule has 4 unspecified atom stereocenters. The molecule has 2 fully saturated rings. The molecule has 0 aliphatic carbocycles. The van der Waals surface area contributed by atoms with Gasteiger partial charge in [0.1, 0.15) is 0 Å². The van der Waals surface area contributed by atoms with Crippen LogP contribution in [0.5, 0.6) is 0 Å². The highest BCUT2D eigenvalue weighted by atomic mass is 16.5. The molecule has 0 bridgehead atoms. The smallest absolute Gasteiger partial charge is 0.220 e. The van der Waals surface area contributed by atoms with Crippen molar-refractivity contribution >= 4 is 5.91 Å². The molecule has 2 heterocycles. The van der Waals surface area contributed by atoms with Crippen LogP contribution in [0.3, 0.4) is 0 Å². The minimum absolute atomic E-state index is 0.165. The molecule has 0 aromatic heterocycles. The molecule has 156 valence electrons. The predicted molar refractivity (Wildman–Crippen MR) is 113 cm³/mol. The lowest BCUT2D eigenvalue weighted by Gasteiger charge is -2.35. The van der Waals surface area contributed by atoms with E-state index in [1.807, 2.05) is 0 Å². The van der Waals surface area contributed by atoms with Gasteiger partial charge in [0.2, 0.25) is 5.91 Å². The number of carbonyl (C=O) groups excluding carboxylic acids is 1. The summed E-state index contributed by atoms with van der Waals surface area (Å²) in [6, 6.07) is 8.64. The number of hydrogen-bond donors (Lipinski definition) is 2. The Bertz CT molecular complexity index is 603. The molecular formula is C23H37N3O2. The van der Waals surface area contributed by atoms with Gasteiger partial charge in [0.15, 0.2) is 0 Å². The highest BCUT2D eigenvalue weighted by Gasteiger charge is 2.23. The standard InChI is InChI=1S/C23H37N3O2/c1-17(22-5-4-10-24-13-22)11-23(27)25-12-20-6-8-21(9-7-20)16-26-14-18(2)28-19(3)15-26/h6-9,17-19,22,24H,4-5,10-16H2,1-3H3,(H,25,27). The Balaban J connectivity index is 1.40. The summed E-state index contributed by atoms with van der Waals surface area (Å²) in [6.07, 6.45) is 3.68. The molecule has 2 aliphatic heterocycles. The van der Waals surface area contributed by atoms with Gasteiger partial charge >= 0.3 is 0 Å². The maximum Gasteiger partial charge on any atom is 0.220 e. The van der Waals surface area contributed by atoms with Crippen molar-refractivity contribution in [1.82, 2.24) is 15.5 Å². The third-order valence-corrected chi connectivity index (χ3v) is 6.06. The highest BCUT2D eigenvalue weighted by Crippen LogP contribution is 2.22. The number of nitrogens with zero attached hydrogens (tertiary/aromatic N) is 1. The Morgan fingerprint density at radius 2 is 1.89 bits per heavy atom. The Labute approximate surface area is 170 Å². The zero-order valence-electron chi connectivity index (χ0n) is 17.7. The molecule has 28 heavy (non-hydrogen) atoms. The molecule has 4 atom stereocenters. The van der Waals surface area contributed by atoms with Crippen LogP contribution in [0.25, 0.3) is 0 Å². The van der Waals surface area contributed by atoms with E-state index in [-0.39, 0.29) is 5.91 Å². The Morgan fingerprint density at radius 1 is 1.21 bits per heavy atom. The molecule has 0 radical (unpaired) electrons.